The molecule has 3 rings (SSSR count). The maximum Gasteiger partial charge on any atom is 0.293 e. The predicted octanol–water partition coefficient (Wildman–Crippen LogP) is 2.30. The Kier molecular flexibility index (Phi) is 5.70. The molecule has 0 bridgehead atoms. The first-order valence-electron chi connectivity index (χ1n) is 8.21. The maximum absolute atomic E-state index is 12.0. The average molecular weight is 398 g/mol. The molecule has 1 aliphatic heterocycles. The number of carbonyl (C=O) groups is 3. The molecule has 0 unspecified atom stereocenters. The first-order valence-corrected chi connectivity index (χ1v) is 9.03. The minimum Gasteiger partial charge on any atom is -0.545 e. The fourth-order valence-electron chi connectivity index (χ4n) is 2.54. The van der Waals surface area contributed by atoms with E-state index in [-0.39, 0.29) is 23.3 Å². The highest BCUT2D eigenvalue weighted by Gasteiger charge is 2.31. The molecule has 0 saturated carbocycles. The van der Waals surface area contributed by atoms with Gasteiger partial charge >= 0.3 is 0 Å². The van der Waals surface area contributed by atoms with Gasteiger partial charge in [0.05, 0.1) is 18.0 Å². The first kappa shape index (κ1) is 19.5. The molecule has 0 aliphatic carbocycles. The van der Waals surface area contributed by atoms with E-state index >= 15 is 0 Å². The predicted molar refractivity (Wildman–Crippen MR) is 102 cm³/mol. The summed E-state index contributed by atoms with van der Waals surface area (Å²) in [7, 11) is 2.92. The Bertz CT molecular complexity index is 984. The van der Waals surface area contributed by atoms with Crippen LogP contribution in [-0.2, 0) is 11.4 Å². The Morgan fingerprint density at radius 2 is 1.96 bits per heavy atom. The molecule has 2 aromatic carbocycles. The monoisotopic (exact) mass is 398 g/mol. The van der Waals surface area contributed by atoms with Gasteiger partial charge in [-0.15, -0.1) is 0 Å². The Morgan fingerprint density at radius 1 is 1.18 bits per heavy atom. The summed E-state index contributed by atoms with van der Waals surface area (Å²) < 4.78 is 11.1. The number of carboxylic acid groups (broad SMARTS) is 1. The van der Waals surface area contributed by atoms with Crippen molar-refractivity contribution in [1.82, 2.24) is 4.90 Å². The van der Waals surface area contributed by atoms with Gasteiger partial charge < -0.3 is 19.4 Å². The number of benzene rings is 2. The fourth-order valence-corrected chi connectivity index (χ4v) is 3.37. The molecule has 2 aromatic rings. The topological polar surface area (TPSA) is 96.0 Å². The molecule has 1 aliphatic rings. The van der Waals surface area contributed by atoms with Crippen LogP contribution in [0.5, 0.6) is 11.5 Å². The van der Waals surface area contributed by atoms with Crippen LogP contribution in [0.25, 0.3) is 6.08 Å². The van der Waals surface area contributed by atoms with Gasteiger partial charge in [0, 0.05) is 7.05 Å². The smallest absolute Gasteiger partial charge is 0.293 e. The molecule has 2 amide bonds. The molecule has 0 atom stereocenters. The maximum atomic E-state index is 12.0. The normalized spacial score (nSPS) is 15.2. The number of methoxy groups -OCH3 is 1. The van der Waals surface area contributed by atoms with Crippen molar-refractivity contribution in [2.24, 2.45) is 0 Å². The Morgan fingerprint density at radius 3 is 2.61 bits per heavy atom. The quantitative estimate of drug-likeness (QED) is 0.689. The lowest BCUT2D eigenvalue weighted by Gasteiger charge is -2.12. The number of ether oxygens (including phenoxy) is 2. The number of nitrogens with zero attached hydrogens (tertiary/aromatic N) is 1. The van der Waals surface area contributed by atoms with Crippen LogP contribution in [0.3, 0.4) is 0 Å². The van der Waals surface area contributed by atoms with E-state index in [4.69, 9.17) is 9.47 Å². The van der Waals surface area contributed by atoms with E-state index in [1.54, 1.807) is 36.4 Å². The van der Waals surface area contributed by atoms with E-state index < -0.39 is 5.97 Å². The summed E-state index contributed by atoms with van der Waals surface area (Å²) >= 11 is 0.879. The van der Waals surface area contributed by atoms with Gasteiger partial charge in [-0.3, -0.25) is 14.5 Å². The second-order valence-corrected chi connectivity index (χ2v) is 6.92. The molecular formula is C20H16NO6S-. The van der Waals surface area contributed by atoms with Gasteiger partial charge in [0.15, 0.2) is 11.5 Å². The van der Waals surface area contributed by atoms with Gasteiger partial charge in [-0.2, -0.15) is 0 Å². The molecule has 0 radical (unpaired) electrons. The summed E-state index contributed by atoms with van der Waals surface area (Å²) in [5, 5.41) is 10.6. The van der Waals surface area contributed by atoms with Crippen molar-refractivity contribution in [2.75, 3.05) is 14.2 Å². The first-order chi connectivity index (χ1) is 13.4. The number of likely N-dealkylation sites (N-methyl/N-ethyl adjacent to an activating group) is 1. The van der Waals surface area contributed by atoms with Gasteiger partial charge in [0.25, 0.3) is 11.1 Å². The van der Waals surface area contributed by atoms with Crippen LogP contribution in [-0.4, -0.2) is 36.2 Å². The van der Waals surface area contributed by atoms with Gasteiger partial charge in [-0.05, 0) is 52.7 Å². The number of rotatable bonds is 6. The molecule has 0 spiro atoms. The molecule has 7 nitrogen and oxygen atoms in total. The van der Waals surface area contributed by atoms with Gasteiger partial charge in [0.2, 0.25) is 0 Å². The summed E-state index contributed by atoms with van der Waals surface area (Å²) in [5.74, 6) is -0.690. The zero-order valence-corrected chi connectivity index (χ0v) is 15.9. The number of amides is 2. The number of aromatic carboxylic acids is 1. The van der Waals surface area contributed by atoms with Gasteiger partial charge in [0.1, 0.15) is 6.61 Å². The number of thioether (sulfide) groups is 1. The summed E-state index contributed by atoms with van der Waals surface area (Å²) in [6, 6.07) is 11.4. The molecule has 0 N–H and O–H groups in total. The molecule has 28 heavy (non-hydrogen) atoms. The van der Waals surface area contributed by atoms with E-state index in [9.17, 15) is 19.5 Å². The number of hydrogen-bond donors (Lipinski definition) is 0. The average Bonchev–Trinajstić information content (AvgIpc) is 2.93. The highest BCUT2D eigenvalue weighted by atomic mass is 32.2. The molecule has 144 valence electrons. The highest BCUT2D eigenvalue weighted by Crippen LogP contribution is 2.34. The van der Waals surface area contributed by atoms with Crippen molar-refractivity contribution in [3.63, 3.8) is 0 Å². The van der Waals surface area contributed by atoms with Crippen molar-refractivity contribution >= 4 is 35.0 Å². The fraction of sp³-hybridized carbons (Fsp3) is 0.150. The van der Waals surface area contributed by atoms with Gasteiger partial charge in [-0.25, -0.2) is 0 Å². The van der Waals surface area contributed by atoms with E-state index in [0.29, 0.717) is 27.5 Å². The lowest BCUT2D eigenvalue weighted by atomic mass is 10.1. The largest absolute Gasteiger partial charge is 0.545 e. The Hall–Kier alpha value is -3.26. The van der Waals surface area contributed by atoms with E-state index in [2.05, 4.69) is 0 Å². The number of imide groups is 1. The molecule has 0 aromatic heterocycles. The number of carboxylic acids is 1. The molecule has 1 heterocycles. The van der Waals surface area contributed by atoms with E-state index in [1.165, 1.54) is 26.3 Å². The van der Waals surface area contributed by atoms with Crippen LogP contribution >= 0.6 is 11.8 Å². The number of hydrogen-bond acceptors (Lipinski definition) is 7. The summed E-state index contributed by atoms with van der Waals surface area (Å²) in [6.07, 6.45) is 1.62. The van der Waals surface area contributed by atoms with Crippen molar-refractivity contribution in [2.45, 2.75) is 6.61 Å². The van der Waals surface area contributed by atoms with Crippen LogP contribution in [0, 0.1) is 0 Å². The lowest BCUT2D eigenvalue weighted by molar-refractivity contribution is -0.255. The summed E-state index contributed by atoms with van der Waals surface area (Å²) in [6.45, 7) is 0.144. The Balaban J connectivity index is 1.77. The Labute approximate surface area is 165 Å². The third-order valence-electron chi connectivity index (χ3n) is 4.03. The second kappa shape index (κ2) is 8.18. The third kappa shape index (κ3) is 4.17. The molecule has 1 fully saturated rings. The molecular weight excluding hydrogens is 382 g/mol. The van der Waals surface area contributed by atoms with Crippen molar-refractivity contribution in [3.05, 3.63) is 64.1 Å². The van der Waals surface area contributed by atoms with Crippen LogP contribution in [0.4, 0.5) is 4.79 Å². The number of carbonyl (C=O) groups excluding carboxylic acids is 3. The van der Waals surface area contributed by atoms with Crippen molar-refractivity contribution < 1.29 is 29.0 Å². The lowest BCUT2D eigenvalue weighted by Crippen LogP contribution is -2.22. The molecule has 1 saturated heterocycles. The zero-order valence-electron chi connectivity index (χ0n) is 15.1. The summed E-state index contributed by atoms with van der Waals surface area (Å²) in [5.41, 5.74) is 1.43. The van der Waals surface area contributed by atoms with E-state index in [0.717, 1.165) is 16.7 Å². The van der Waals surface area contributed by atoms with Crippen molar-refractivity contribution in [1.29, 1.82) is 0 Å². The van der Waals surface area contributed by atoms with Gasteiger partial charge in [-0.1, -0.05) is 24.3 Å². The zero-order chi connectivity index (χ0) is 20.3. The van der Waals surface area contributed by atoms with Crippen molar-refractivity contribution in [3.8, 4) is 11.5 Å². The van der Waals surface area contributed by atoms with Crippen LogP contribution in [0.2, 0.25) is 0 Å². The molecule has 8 heteroatoms. The minimum atomic E-state index is -1.25. The van der Waals surface area contributed by atoms with E-state index in [1.807, 2.05) is 0 Å². The minimum absolute atomic E-state index is 0.0771. The van der Waals surface area contributed by atoms with Crippen LogP contribution in [0.1, 0.15) is 21.5 Å². The van der Waals surface area contributed by atoms with Crippen LogP contribution < -0.4 is 14.6 Å². The second-order valence-electron chi connectivity index (χ2n) is 5.93. The standard InChI is InChI=1S/C20H17NO6S/c1-21-18(22)17(28-20(21)25)10-12-6-7-15(16(9-12)26-2)27-11-13-4-3-5-14(8-13)19(23)24/h3-10H,11H2,1-2H3,(H,23,24)/p-1/b17-10-. The third-order valence-corrected chi connectivity index (χ3v) is 4.99. The summed E-state index contributed by atoms with van der Waals surface area (Å²) in [4.78, 5) is 35.9. The highest BCUT2D eigenvalue weighted by molar-refractivity contribution is 8.18. The van der Waals surface area contributed by atoms with Crippen LogP contribution in [0.15, 0.2) is 47.4 Å². The SMILES string of the molecule is COc1cc(/C=C2\SC(=O)N(C)C2=O)ccc1OCc1cccc(C(=O)[O-])c1.